The highest BCUT2D eigenvalue weighted by molar-refractivity contribution is 7.12. The van der Waals surface area contributed by atoms with Gasteiger partial charge in [-0.25, -0.2) is 0 Å². The van der Waals surface area contributed by atoms with Crippen LogP contribution in [0.1, 0.15) is 26.9 Å². The van der Waals surface area contributed by atoms with E-state index < -0.39 is 0 Å². The smallest absolute Gasteiger partial charge is 0.127 e. The number of hydrogen-bond acceptors (Lipinski definition) is 4. The van der Waals surface area contributed by atoms with Crippen LogP contribution >= 0.6 is 11.3 Å². The Kier molecular flexibility index (Phi) is 4.68. The monoisotopic (exact) mass is 291 g/mol. The predicted octanol–water partition coefficient (Wildman–Crippen LogP) is 3.69. The first-order chi connectivity index (χ1) is 9.60. The summed E-state index contributed by atoms with van der Waals surface area (Å²) in [5.74, 6) is 1.65. The van der Waals surface area contributed by atoms with E-state index in [-0.39, 0.29) is 6.04 Å². The molecule has 2 aromatic rings. The lowest BCUT2D eigenvalue weighted by Crippen LogP contribution is -2.18. The minimum Gasteiger partial charge on any atom is -0.497 e. The molecule has 3 nitrogen and oxygen atoms in total. The first-order valence-corrected chi connectivity index (χ1v) is 7.38. The highest BCUT2D eigenvalue weighted by atomic mass is 32.1. The van der Waals surface area contributed by atoms with Gasteiger partial charge in [0, 0.05) is 21.4 Å². The highest BCUT2D eigenvalue weighted by Crippen LogP contribution is 2.37. The Balaban J connectivity index is 2.49. The second kappa shape index (κ2) is 6.29. The molecule has 0 aliphatic carbocycles. The van der Waals surface area contributed by atoms with E-state index in [1.807, 2.05) is 30.5 Å². The van der Waals surface area contributed by atoms with E-state index in [1.54, 1.807) is 14.2 Å². The predicted molar refractivity (Wildman–Crippen MR) is 84.2 cm³/mol. The summed E-state index contributed by atoms with van der Waals surface area (Å²) in [5, 5.41) is 3.39. The molecule has 0 radical (unpaired) electrons. The zero-order chi connectivity index (χ0) is 14.7. The van der Waals surface area contributed by atoms with Gasteiger partial charge in [0.1, 0.15) is 11.5 Å². The van der Waals surface area contributed by atoms with Crippen molar-refractivity contribution in [1.29, 1.82) is 0 Å². The SMILES string of the molecule is CNC(c1ccc(OC)cc1OC)c1sc(C)cc1C. The standard InChI is InChI=1S/C16H21NO2S/c1-10-8-11(2)20-16(10)15(17-3)13-7-6-12(18-4)9-14(13)19-5/h6-9,15,17H,1-5H3. The topological polar surface area (TPSA) is 30.5 Å². The lowest BCUT2D eigenvalue weighted by Gasteiger charge is -2.20. The molecule has 1 N–H and O–H groups in total. The Morgan fingerprint density at radius 2 is 1.85 bits per heavy atom. The number of ether oxygens (including phenoxy) is 2. The second-order valence-corrected chi connectivity index (χ2v) is 6.02. The van der Waals surface area contributed by atoms with Gasteiger partial charge in [-0.05, 0) is 44.7 Å². The lowest BCUT2D eigenvalue weighted by atomic mass is 10.0. The van der Waals surface area contributed by atoms with Crippen molar-refractivity contribution in [3.63, 3.8) is 0 Å². The third kappa shape index (κ3) is 2.81. The molecule has 1 unspecified atom stereocenters. The molecule has 4 heteroatoms. The fraction of sp³-hybridized carbons (Fsp3) is 0.375. The van der Waals surface area contributed by atoms with Crippen LogP contribution in [0.2, 0.25) is 0 Å². The van der Waals surface area contributed by atoms with Crippen LogP contribution in [0, 0.1) is 13.8 Å². The summed E-state index contributed by atoms with van der Waals surface area (Å²) in [4.78, 5) is 2.65. The molecule has 0 spiro atoms. The van der Waals surface area contributed by atoms with Crippen molar-refractivity contribution in [2.45, 2.75) is 19.9 Å². The number of hydrogen-bond donors (Lipinski definition) is 1. The van der Waals surface area contributed by atoms with Crippen LogP contribution in [0.15, 0.2) is 24.3 Å². The maximum atomic E-state index is 5.52. The molecule has 1 heterocycles. The molecule has 1 aromatic heterocycles. The van der Waals surface area contributed by atoms with E-state index in [2.05, 4.69) is 31.3 Å². The summed E-state index contributed by atoms with van der Waals surface area (Å²) in [6.45, 7) is 4.29. The second-order valence-electron chi connectivity index (χ2n) is 4.73. The summed E-state index contributed by atoms with van der Waals surface area (Å²) in [6.07, 6.45) is 0. The van der Waals surface area contributed by atoms with Gasteiger partial charge in [0.05, 0.1) is 20.3 Å². The van der Waals surface area contributed by atoms with Gasteiger partial charge in [-0.3, -0.25) is 0 Å². The number of benzene rings is 1. The van der Waals surface area contributed by atoms with Crippen molar-refractivity contribution in [1.82, 2.24) is 5.32 Å². The zero-order valence-corrected chi connectivity index (χ0v) is 13.4. The molecule has 0 saturated heterocycles. The average Bonchev–Trinajstić information content (AvgIpc) is 2.79. The third-order valence-corrected chi connectivity index (χ3v) is 4.60. The van der Waals surface area contributed by atoms with E-state index in [0.29, 0.717) is 0 Å². The van der Waals surface area contributed by atoms with Gasteiger partial charge < -0.3 is 14.8 Å². The summed E-state index contributed by atoms with van der Waals surface area (Å²) >= 11 is 1.82. The number of rotatable bonds is 5. The molecule has 1 aromatic carbocycles. The number of nitrogens with one attached hydrogen (secondary N) is 1. The lowest BCUT2D eigenvalue weighted by molar-refractivity contribution is 0.388. The Morgan fingerprint density at radius 1 is 1.10 bits per heavy atom. The van der Waals surface area contributed by atoms with Gasteiger partial charge in [-0.2, -0.15) is 0 Å². The van der Waals surface area contributed by atoms with Crippen molar-refractivity contribution >= 4 is 11.3 Å². The molecule has 0 fully saturated rings. The van der Waals surface area contributed by atoms with Gasteiger partial charge in [0.15, 0.2) is 0 Å². The zero-order valence-electron chi connectivity index (χ0n) is 12.6. The van der Waals surface area contributed by atoms with Crippen LogP contribution in [0.5, 0.6) is 11.5 Å². The average molecular weight is 291 g/mol. The Bertz CT molecular complexity index is 592. The van der Waals surface area contributed by atoms with Crippen molar-refractivity contribution in [3.8, 4) is 11.5 Å². The highest BCUT2D eigenvalue weighted by Gasteiger charge is 2.20. The number of aryl methyl sites for hydroxylation is 2. The fourth-order valence-electron chi connectivity index (χ4n) is 2.43. The maximum Gasteiger partial charge on any atom is 0.127 e. The van der Waals surface area contributed by atoms with E-state index in [1.165, 1.54) is 15.3 Å². The summed E-state index contributed by atoms with van der Waals surface area (Å²) in [5.41, 5.74) is 2.44. The minimum absolute atomic E-state index is 0.134. The van der Waals surface area contributed by atoms with Gasteiger partial charge >= 0.3 is 0 Å². The summed E-state index contributed by atoms with van der Waals surface area (Å²) in [7, 11) is 5.33. The molecule has 0 aliphatic rings. The Hall–Kier alpha value is -1.52. The van der Waals surface area contributed by atoms with Crippen molar-refractivity contribution in [2.24, 2.45) is 0 Å². The van der Waals surface area contributed by atoms with Crippen LogP contribution in [0.3, 0.4) is 0 Å². The quantitative estimate of drug-likeness (QED) is 0.911. The number of methoxy groups -OCH3 is 2. The van der Waals surface area contributed by atoms with Crippen molar-refractivity contribution < 1.29 is 9.47 Å². The molecule has 0 bridgehead atoms. The number of thiophene rings is 1. The fourth-order valence-corrected chi connectivity index (χ4v) is 3.60. The first-order valence-electron chi connectivity index (χ1n) is 6.56. The molecule has 108 valence electrons. The molecular weight excluding hydrogens is 270 g/mol. The molecule has 0 saturated carbocycles. The van der Waals surface area contributed by atoms with Crippen molar-refractivity contribution in [3.05, 3.63) is 45.1 Å². The van der Waals surface area contributed by atoms with E-state index in [4.69, 9.17) is 9.47 Å². The van der Waals surface area contributed by atoms with E-state index in [9.17, 15) is 0 Å². The van der Waals surface area contributed by atoms with Crippen molar-refractivity contribution in [2.75, 3.05) is 21.3 Å². The maximum absolute atomic E-state index is 5.52. The Labute approximate surface area is 124 Å². The molecule has 1 atom stereocenters. The molecule has 2 rings (SSSR count). The third-order valence-electron chi connectivity index (χ3n) is 3.38. The van der Waals surface area contributed by atoms with Gasteiger partial charge in [0.25, 0.3) is 0 Å². The summed E-state index contributed by atoms with van der Waals surface area (Å²) < 4.78 is 10.8. The Morgan fingerprint density at radius 3 is 2.35 bits per heavy atom. The van der Waals surface area contributed by atoms with Crippen LogP contribution < -0.4 is 14.8 Å². The molecular formula is C16H21NO2S. The van der Waals surface area contributed by atoms with E-state index >= 15 is 0 Å². The van der Waals surface area contributed by atoms with Crippen LogP contribution in [-0.4, -0.2) is 21.3 Å². The van der Waals surface area contributed by atoms with Crippen LogP contribution in [0.4, 0.5) is 0 Å². The van der Waals surface area contributed by atoms with Gasteiger partial charge in [0.2, 0.25) is 0 Å². The van der Waals surface area contributed by atoms with E-state index in [0.717, 1.165) is 17.1 Å². The normalized spacial score (nSPS) is 12.2. The molecule has 0 amide bonds. The first kappa shape index (κ1) is 14.9. The van der Waals surface area contributed by atoms with Crippen LogP contribution in [-0.2, 0) is 0 Å². The van der Waals surface area contributed by atoms with Crippen LogP contribution in [0.25, 0.3) is 0 Å². The summed E-state index contributed by atoms with van der Waals surface area (Å²) in [6, 6.07) is 8.32. The molecule has 20 heavy (non-hydrogen) atoms. The van der Waals surface area contributed by atoms with Gasteiger partial charge in [-0.1, -0.05) is 0 Å². The molecule has 0 aliphatic heterocycles. The minimum atomic E-state index is 0.134. The largest absolute Gasteiger partial charge is 0.497 e. The van der Waals surface area contributed by atoms with Gasteiger partial charge in [-0.15, -0.1) is 11.3 Å².